The van der Waals surface area contributed by atoms with Crippen LogP contribution in [-0.4, -0.2) is 22.8 Å². The molecule has 3 rings (SSSR count). The fourth-order valence-corrected chi connectivity index (χ4v) is 4.09. The Morgan fingerprint density at radius 2 is 1.56 bits per heavy atom. The molecule has 0 saturated heterocycles. The fourth-order valence-electron chi connectivity index (χ4n) is 4.09. The Hall–Kier alpha value is -3.60. The summed E-state index contributed by atoms with van der Waals surface area (Å²) in [5.74, 6) is 0.0380. The Balaban J connectivity index is 1.70. The van der Waals surface area contributed by atoms with Crippen LogP contribution in [0.4, 0.5) is 5.69 Å². The third-order valence-corrected chi connectivity index (χ3v) is 6.40. The molecule has 0 fully saturated rings. The second-order valence-electron chi connectivity index (χ2n) is 10.7. The minimum Gasteiger partial charge on any atom is -0.508 e. The summed E-state index contributed by atoms with van der Waals surface area (Å²) in [7, 11) is 0. The van der Waals surface area contributed by atoms with Gasteiger partial charge in [-0.3, -0.25) is 9.59 Å². The predicted octanol–water partition coefficient (Wildman–Crippen LogP) is 5.89. The summed E-state index contributed by atoms with van der Waals surface area (Å²) in [5.41, 5.74) is 10.5. The first kappa shape index (κ1) is 27.0. The van der Waals surface area contributed by atoms with Crippen LogP contribution in [0.15, 0.2) is 72.8 Å². The van der Waals surface area contributed by atoms with Crippen molar-refractivity contribution in [2.45, 2.75) is 65.3 Å². The van der Waals surface area contributed by atoms with Gasteiger partial charge in [-0.1, -0.05) is 63.2 Å². The van der Waals surface area contributed by atoms with Crippen LogP contribution in [0.3, 0.4) is 0 Å². The molecule has 5 heteroatoms. The highest BCUT2D eigenvalue weighted by atomic mass is 16.3. The first-order chi connectivity index (χ1) is 17.1. The molecular weight excluding hydrogens is 448 g/mol. The van der Waals surface area contributed by atoms with Gasteiger partial charge < -0.3 is 16.2 Å². The molecule has 3 aromatic rings. The van der Waals surface area contributed by atoms with Crippen molar-refractivity contribution in [3.05, 3.63) is 95.1 Å². The number of nitrogens with two attached hydrogens (primary N) is 1. The zero-order valence-electron chi connectivity index (χ0n) is 21.6. The van der Waals surface area contributed by atoms with E-state index in [1.807, 2.05) is 48.5 Å². The minimum absolute atomic E-state index is 0.0486. The molecule has 4 N–H and O–H groups in total. The SMILES string of the molecule is CC(C)(C)CCC(=O)[C@H](CCc1ccccc1)NC(=O)c1ccc(N)c(CCc2ccc(O)cc2)c1. The lowest BCUT2D eigenvalue weighted by Crippen LogP contribution is -2.41. The van der Waals surface area contributed by atoms with Crippen molar-refractivity contribution in [1.29, 1.82) is 0 Å². The van der Waals surface area contributed by atoms with Crippen molar-refractivity contribution in [2.24, 2.45) is 5.41 Å². The summed E-state index contributed by atoms with van der Waals surface area (Å²) in [6.45, 7) is 6.35. The lowest BCUT2D eigenvalue weighted by molar-refractivity contribution is -0.121. The first-order valence-corrected chi connectivity index (χ1v) is 12.6. The molecule has 0 unspecified atom stereocenters. The maximum absolute atomic E-state index is 13.2. The number of nitrogens with one attached hydrogen (secondary N) is 1. The summed E-state index contributed by atoms with van der Waals surface area (Å²) >= 11 is 0. The molecule has 5 nitrogen and oxygen atoms in total. The quantitative estimate of drug-likeness (QED) is 0.295. The Bertz CT molecular complexity index is 1150. The number of benzene rings is 3. The number of aryl methyl sites for hydroxylation is 3. The van der Waals surface area contributed by atoms with Crippen molar-refractivity contribution >= 4 is 17.4 Å². The normalized spacial score (nSPS) is 12.2. The summed E-state index contributed by atoms with van der Waals surface area (Å²) in [5, 5.41) is 12.5. The van der Waals surface area contributed by atoms with Crippen LogP contribution in [0.5, 0.6) is 5.75 Å². The number of rotatable bonds is 11. The molecule has 1 atom stereocenters. The summed E-state index contributed by atoms with van der Waals surface area (Å²) in [6.07, 6.45) is 3.88. The molecule has 190 valence electrons. The number of hydrogen-bond acceptors (Lipinski definition) is 4. The van der Waals surface area contributed by atoms with E-state index in [1.165, 1.54) is 0 Å². The van der Waals surface area contributed by atoms with Gasteiger partial charge in [-0.2, -0.15) is 0 Å². The Kier molecular flexibility index (Phi) is 9.29. The van der Waals surface area contributed by atoms with E-state index < -0.39 is 6.04 Å². The average molecular weight is 487 g/mol. The number of carbonyl (C=O) groups is 2. The van der Waals surface area contributed by atoms with Crippen molar-refractivity contribution in [2.75, 3.05) is 5.73 Å². The molecule has 3 aromatic carbocycles. The van der Waals surface area contributed by atoms with Crippen LogP contribution >= 0.6 is 0 Å². The van der Waals surface area contributed by atoms with Gasteiger partial charge >= 0.3 is 0 Å². The molecule has 0 aliphatic carbocycles. The lowest BCUT2D eigenvalue weighted by atomic mass is 9.87. The molecule has 0 radical (unpaired) electrons. The maximum atomic E-state index is 13.2. The van der Waals surface area contributed by atoms with E-state index in [2.05, 4.69) is 26.1 Å². The summed E-state index contributed by atoms with van der Waals surface area (Å²) in [4.78, 5) is 26.3. The van der Waals surface area contributed by atoms with E-state index in [1.54, 1.807) is 24.3 Å². The molecule has 1 amide bonds. The smallest absolute Gasteiger partial charge is 0.251 e. The number of carbonyl (C=O) groups excluding carboxylic acids is 2. The zero-order chi connectivity index (χ0) is 26.1. The monoisotopic (exact) mass is 486 g/mol. The van der Waals surface area contributed by atoms with Gasteiger partial charge in [0.1, 0.15) is 5.75 Å². The van der Waals surface area contributed by atoms with E-state index in [0.29, 0.717) is 36.9 Å². The van der Waals surface area contributed by atoms with E-state index in [-0.39, 0.29) is 22.9 Å². The number of aromatic hydroxyl groups is 1. The van der Waals surface area contributed by atoms with Crippen molar-refractivity contribution in [3.63, 3.8) is 0 Å². The number of phenols is 1. The maximum Gasteiger partial charge on any atom is 0.251 e. The van der Waals surface area contributed by atoms with Gasteiger partial charge in [-0.05, 0) is 84.5 Å². The van der Waals surface area contributed by atoms with Crippen molar-refractivity contribution < 1.29 is 14.7 Å². The van der Waals surface area contributed by atoms with Crippen LogP contribution in [0.25, 0.3) is 0 Å². The van der Waals surface area contributed by atoms with Crippen LogP contribution in [0.1, 0.15) is 67.1 Å². The van der Waals surface area contributed by atoms with E-state index in [0.717, 1.165) is 29.5 Å². The van der Waals surface area contributed by atoms with Crippen LogP contribution in [0, 0.1) is 5.41 Å². The highest BCUT2D eigenvalue weighted by Gasteiger charge is 2.23. The standard InChI is InChI=1S/C31H38N2O3/c1-31(2,3)20-19-29(35)28(18-12-22-7-5-4-6-8-22)33-30(36)25-14-17-27(32)24(21-25)13-9-23-10-15-26(34)16-11-23/h4-8,10-11,14-17,21,28,34H,9,12-13,18-20,32H2,1-3H3,(H,33,36)/t28-/m0/s1. The summed E-state index contributed by atoms with van der Waals surface area (Å²) in [6, 6.07) is 21.8. The second-order valence-corrected chi connectivity index (χ2v) is 10.7. The van der Waals surface area contributed by atoms with Crippen LogP contribution < -0.4 is 11.1 Å². The Morgan fingerprint density at radius 3 is 2.22 bits per heavy atom. The van der Waals surface area contributed by atoms with Gasteiger partial charge in [0.25, 0.3) is 5.91 Å². The number of ketones is 1. The molecule has 0 heterocycles. The first-order valence-electron chi connectivity index (χ1n) is 12.6. The van der Waals surface area contributed by atoms with E-state index >= 15 is 0 Å². The van der Waals surface area contributed by atoms with Gasteiger partial charge in [0.15, 0.2) is 5.78 Å². The second kappa shape index (κ2) is 12.4. The van der Waals surface area contributed by atoms with Crippen molar-refractivity contribution in [3.8, 4) is 5.75 Å². The minimum atomic E-state index is -0.543. The third-order valence-electron chi connectivity index (χ3n) is 6.40. The largest absolute Gasteiger partial charge is 0.508 e. The Labute approximate surface area is 214 Å². The van der Waals surface area contributed by atoms with E-state index in [4.69, 9.17) is 5.73 Å². The third kappa shape index (κ3) is 8.56. The molecule has 0 aliphatic heterocycles. The predicted molar refractivity (Wildman–Crippen MR) is 146 cm³/mol. The van der Waals surface area contributed by atoms with E-state index in [9.17, 15) is 14.7 Å². The molecule has 0 spiro atoms. The van der Waals surface area contributed by atoms with Crippen molar-refractivity contribution in [1.82, 2.24) is 5.32 Å². The zero-order valence-corrected chi connectivity index (χ0v) is 21.6. The summed E-state index contributed by atoms with van der Waals surface area (Å²) < 4.78 is 0. The topological polar surface area (TPSA) is 92.4 Å². The number of phenolic OH excluding ortho intramolecular Hbond substituents is 1. The molecule has 36 heavy (non-hydrogen) atoms. The van der Waals surface area contributed by atoms with Crippen LogP contribution in [0.2, 0.25) is 0 Å². The molecule has 0 aliphatic rings. The number of Topliss-reactive ketones (excluding diaryl/α,β-unsaturated/α-hetero) is 1. The molecule has 0 aromatic heterocycles. The van der Waals surface area contributed by atoms with Gasteiger partial charge in [0.2, 0.25) is 0 Å². The molecule has 0 bridgehead atoms. The average Bonchev–Trinajstić information content (AvgIpc) is 2.85. The highest BCUT2D eigenvalue weighted by molar-refractivity contribution is 5.98. The molecule has 0 saturated carbocycles. The van der Waals surface area contributed by atoms with Gasteiger partial charge in [0, 0.05) is 17.7 Å². The van der Waals surface area contributed by atoms with Gasteiger partial charge in [0.05, 0.1) is 6.04 Å². The fraction of sp³-hybridized carbons (Fsp3) is 0.355. The van der Waals surface area contributed by atoms with Gasteiger partial charge in [-0.25, -0.2) is 0 Å². The number of anilines is 1. The number of amides is 1. The lowest BCUT2D eigenvalue weighted by Gasteiger charge is -2.22. The molecular formula is C31H38N2O3. The number of nitrogen functional groups attached to an aromatic ring is 1. The number of hydrogen-bond donors (Lipinski definition) is 3. The Morgan fingerprint density at radius 1 is 0.889 bits per heavy atom. The van der Waals surface area contributed by atoms with Crippen LogP contribution in [-0.2, 0) is 24.1 Å². The van der Waals surface area contributed by atoms with Gasteiger partial charge in [-0.15, -0.1) is 0 Å². The highest BCUT2D eigenvalue weighted by Crippen LogP contribution is 2.22.